The third-order valence-electron chi connectivity index (χ3n) is 3.79. The predicted molar refractivity (Wildman–Crippen MR) is 88.5 cm³/mol. The lowest BCUT2D eigenvalue weighted by molar-refractivity contribution is 0.285. The fraction of sp³-hybridized carbons (Fsp3) is 0.471. The Labute approximate surface area is 127 Å². The molecule has 0 aliphatic heterocycles. The van der Waals surface area contributed by atoms with Crippen molar-refractivity contribution >= 4 is 5.69 Å². The normalized spacial score (nSPS) is 11.0. The first-order valence-electron chi connectivity index (χ1n) is 7.75. The molecule has 1 N–H and O–H groups in total. The van der Waals surface area contributed by atoms with Gasteiger partial charge in [-0.3, -0.25) is 4.68 Å². The van der Waals surface area contributed by atoms with Crippen LogP contribution in [0.25, 0.3) is 0 Å². The molecule has 0 bridgehead atoms. The maximum atomic E-state index is 4.41. The summed E-state index contributed by atoms with van der Waals surface area (Å²) in [7, 11) is 0. The molecule has 114 valence electrons. The Morgan fingerprint density at radius 3 is 2.52 bits per heavy atom. The van der Waals surface area contributed by atoms with E-state index in [1.54, 1.807) is 0 Å². The average molecular weight is 286 g/mol. The van der Waals surface area contributed by atoms with Crippen LogP contribution in [0.3, 0.4) is 0 Å². The molecule has 4 nitrogen and oxygen atoms in total. The van der Waals surface area contributed by atoms with Gasteiger partial charge in [-0.05, 0) is 25.6 Å². The number of likely N-dealkylation sites (N-methyl/N-ethyl adjacent to an activating group) is 1. The molecule has 21 heavy (non-hydrogen) atoms. The lowest BCUT2D eigenvalue weighted by Gasteiger charge is -2.17. The topological polar surface area (TPSA) is 33.1 Å². The van der Waals surface area contributed by atoms with E-state index in [2.05, 4.69) is 66.5 Å². The van der Waals surface area contributed by atoms with E-state index in [9.17, 15) is 0 Å². The number of hydrogen-bond acceptors (Lipinski definition) is 3. The van der Waals surface area contributed by atoms with Crippen molar-refractivity contribution in [2.75, 3.05) is 25.0 Å². The largest absolute Gasteiger partial charge is 0.378 e. The van der Waals surface area contributed by atoms with Gasteiger partial charge in [-0.1, -0.05) is 43.7 Å². The molecule has 0 saturated carbocycles. The molecular weight excluding hydrogens is 260 g/mol. The van der Waals surface area contributed by atoms with Crippen LogP contribution in [0.1, 0.15) is 25.0 Å². The van der Waals surface area contributed by atoms with Gasteiger partial charge in [0.2, 0.25) is 0 Å². The molecule has 0 radical (unpaired) electrons. The summed E-state index contributed by atoms with van der Waals surface area (Å²) in [5.74, 6) is 0. The van der Waals surface area contributed by atoms with E-state index < -0.39 is 0 Å². The SMILES string of the molecule is CCN(CC)CCn1cc(NCc2ccc(C)cc2)cn1. The van der Waals surface area contributed by atoms with Crippen LogP contribution in [0, 0.1) is 6.92 Å². The summed E-state index contributed by atoms with van der Waals surface area (Å²) in [4.78, 5) is 2.40. The molecule has 1 aromatic carbocycles. The molecule has 1 heterocycles. The van der Waals surface area contributed by atoms with E-state index in [1.165, 1.54) is 11.1 Å². The van der Waals surface area contributed by atoms with Crippen molar-refractivity contribution in [2.24, 2.45) is 0 Å². The van der Waals surface area contributed by atoms with E-state index in [1.807, 2.05) is 10.9 Å². The summed E-state index contributed by atoms with van der Waals surface area (Å²) in [6, 6.07) is 8.61. The first-order chi connectivity index (χ1) is 10.2. The first-order valence-corrected chi connectivity index (χ1v) is 7.75. The van der Waals surface area contributed by atoms with Crippen molar-refractivity contribution in [1.82, 2.24) is 14.7 Å². The summed E-state index contributed by atoms with van der Waals surface area (Å²) < 4.78 is 2.01. The minimum Gasteiger partial charge on any atom is -0.378 e. The van der Waals surface area contributed by atoms with Crippen molar-refractivity contribution < 1.29 is 0 Å². The second kappa shape index (κ2) is 7.84. The zero-order valence-electron chi connectivity index (χ0n) is 13.3. The van der Waals surface area contributed by atoms with Gasteiger partial charge in [0.25, 0.3) is 0 Å². The van der Waals surface area contributed by atoms with Crippen LogP contribution >= 0.6 is 0 Å². The Bertz CT molecular complexity index is 526. The second-order valence-electron chi connectivity index (χ2n) is 5.36. The molecule has 0 fully saturated rings. The summed E-state index contributed by atoms with van der Waals surface area (Å²) >= 11 is 0. The van der Waals surface area contributed by atoms with Crippen LogP contribution in [0.5, 0.6) is 0 Å². The smallest absolute Gasteiger partial charge is 0.0729 e. The monoisotopic (exact) mass is 286 g/mol. The molecule has 2 rings (SSSR count). The first kappa shape index (κ1) is 15.6. The highest BCUT2D eigenvalue weighted by Gasteiger charge is 2.02. The average Bonchev–Trinajstić information content (AvgIpc) is 2.96. The van der Waals surface area contributed by atoms with Crippen LogP contribution in [-0.2, 0) is 13.1 Å². The van der Waals surface area contributed by atoms with E-state index in [4.69, 9.17) is 0 Å². The minimum absolute atomic E-state index is 0.835. The van der Waals surface area contributed by atoms with Gasteiger partial charge in [0.1, 0.15) is 0 Å². The summed E-state index contributed by atoms with van der Waals surface area (Å²) in [6.07, 6.45) is 3.98. The van der Waals surface area contributed by atoms with Crippen molar-refractivity contribution in [2.45, 2.75) is 33.9 Å². The van der Waals surface area contributed by atoms with Crippen molar-refractivity contribution in [3.05, 3.63) is 47.8 Å². The van der Waals surface area contributed by atoms with Crippen LogP contribution in [0.15, 0.2) is 36.7 Å². The highest BCUT2D eigenvalue weighted by molar-refractivity contribution is 5.39. The maximum Gasteiger partial charge on any atom is 0.0729 e. The van der Waals surface area contributed by atoms with Gasteiger partial charge in [0.05, 0.1) is 18.4 Å². The molecule has 0 saturated heterocycles. The van der Waals surface area contributed by atoms with Gasteiger partial charge < -0.3 is 10.2 Å². The predicted octanol–water partition coefficient (Wildman–Crippen LogP) is 3.15. The minimum atomic E-state index is 0.835. The zero-order chi connectivity index (χ0) is 15.1. The van der Waals surface area contributed by atoms with Crippen LogP contribution in [-0.4, -0.2) is 34.3 Å². The number of hydrogen-bond donors (Lipinski definition) is 1. The second-order valence-corrected chi connectivity index (χ2v) is 5.36. The standard InChI is InChI=1S/C17H26N4/c1-4-20(5-2)10-11-21-14-17(13-19-21)18-12-16-8-6-15(3)7-9-16/h6-9,13-14,18H,4-5,10-12H2,1-3H3. The fourth-order valence-electron chi connectivity index (χ4n) is 2.27. The highest BCUT2D eigenvalue weighted by Crippen LogP contribution is 2.09. The Balaban J connectivity index is 1.81. The van der Waals surface area contributed by atoms with Crippen molar-refractivity contribution in [3.8, 4) is 0 Å². The quantitative estimate of drug-likeness (QED) is 0.809. The molecular formula is C17H26N4. The number of aromatic nitrogens is 2. The Kier molecular flexibility index (Phi) is 5.81. The molecule has 0 aliphatic carbocycles. The molecule has 0 atom stereocenters. The maximum absolute atomic E-state index is 4.41. The fourth-order valence-corrected chi connectivity index (χ4v) is 2.27. The molecule has 0 spiro atoms. The van der Waals surface area contributed by atoms with Crippen LogP contribution in [0.4, 0.5) is 5.69 Å². The molecule has 0 aliphatic rings. The van der Waals surface area contributed by atoms with Gasteiger partial charge in [-0.15, -0.1) is 0 Å². The van der Waals surface area contributed by atoms with Crippen LogP contribution < -0.4 is 5.32 Å². The van der Waals surface area contributed by atoms with E-state index in [0.717, 1.165) is 38.4 Å². The zero-order valence-corrected chi connectivity index (χ0v) is 13.3. The van der Waals surface area contributed by atoms with Crippen molar-refractivity contribution in [3.63, 3.8) is 0 Å². The van der Waals surface area contributed by atoms with Crippen LogP contribution in [0.2, 0.25) is 0 Å². The number of nitrogens with zero attached hydrogens (tertiary/aromatic N) is 3. The lowest BCUT2D eigenvalue weighted by atomic mass is 10.1. The summed E-state index contributed by atoms with van der Waals surface area (Å²) in [6.45, 7) is 11.5. The third kappa shape index (κ3) is 4.90. The Morgan fingerprint density at radius 2 is 1.86 bits per heavy atom. The Hall–Kier alpha value is -1.81. The van der Waals surface area contributed by atoms with Gasteiger partial charge in [-0.2, -0.15) is 5.10 Å². The number of aryl methyl sites for hydroxylation is 1. The molecule has 2 aromatic rings. The van der Waals surface area contributed by atoms with Gasteiger partial charge in [0.15, 0.2) is 0 Å². The van der Waals surface area contributed by atoms with E-state index in [0.29, 0.717) is 0 Å². The number of anilines is 1. The number of rotatable bonds is 8. The molecule has 1 aromatic heterocycles. The van der Waals surface area contributed by atoms with E-state index >= 15 is 0 Å². The van der Waals surface area contributed by atoms with Gasteiger partial charge in [-0.25, -0.2) is 0 Å². The molecule has 4 heteroatoms. The summed E-state index contributed by atoms with van der Waals surface area (Å²) in [5, 5.41) is 7.83. The number of nitrogens with one attached hydrogen (secondary N) is 1. The molecule has 0 amide bonds. The molecule has 0 unspecified atom stereocenters. The Morgan fingerprint density at radius 1 is 1.14 bits per heavy atom. The third-order valence-corrected chi connectivity index (χ3v) is 3.79. The highest BCUT2D eigenvalue weighted by atomic mass is 15.3. The van der Waals surface area contributed by atoms with Crippen molar-refractivity contribution in [1.29, 1.82) is 0 Å². The summed E-state index contributed by atoms with van der Waals surface area (Å²) in [5.41, 5.74) is 3.66. The van der Waals surface area contributed by atoms with Gasteiger partial charge >= 0.3 is 0 Å². The lowest BCUT2D eigenvalue weighted by Crippen LogP contribution is -2.27. The van der Waals surface area contributed by atoms with E-state index in [-0.39, 0.29) is 0 Å². The number of benzene rings is 1. The van der Waals surface area contributed by atoms with Gasteiger partial charge in [0, 0.05) is 19.3 Å².